The molecule has 20 heavy (non-hydrogen) atoms. The van der Waals surface area contributed by atoms with Gasteiger partial charge in [0.05, 0.1) is 19.3 Å². The molecular formula is C16H26O4. The molecule has 0 saturated heterocycles. The molecule has 0 aliphatic rings. The van der Waals surface area contributed by atoms with Gasteiger partial charge in [-0.1, -0.05) is 32.9 Å². The molecule has 1 aromatic rings. The Morgan fingerprint density at radius 1 is 1.00 bits per heavy atom. The average molecular weight is 282 g/mol. The van der Waals surface area contributed by atoms with Crippen molar-refractivity contribution >= 4 is 0 Å². The summed E-state index contributed by atoms with van der Waals surface area (Å²) in [6.45, 7) is 5.42. The van der Waals surface area contributed by atoms with Gasteiger partial charge in [-0.15, -0.1) is 0 Å². The Kier molecular flexibility index (Phi) is 6.46. The van der Waals surface area contributed by atoms with Gasteiger partial charge in [-0.3, -0.25) is 0 Å². The normalized spacial score (nSPS) is 18.9. The van der Waals surface area contributed by atoms with Gasteiger partial charge in [0.25, 0.3) is 0 Å². The Hall–Kier alpha value is -1.10. The van der Waals surface area contributed by atoms with Crippen LogP contribution in [0.2, 0.25) is 0 Å². The molecule has 114 valence electrons. The van der Waals surface area contributed by atoms with Gasteiger partial charge in [0, 0.05) is 24.4 Å². The van der Waals surface area contributed by atoms with E-state index in [0.29, 0.717) is 0 Å². The number of hydrogen-bond donors (Lipinski definition) is 3. The molecule has 3 N–H and O–H groups in total. The maximum atomic E-state index is 10.4. The predicted molar refractivity (Wildman–Crippen MR) is 78.8 cm³/mol. The van der Waals surface area contributed by atoms with E-state index in [1.54, 1.807) is 14.0 Å². The van der Waals surface area contributed by atoms with E-state index < -0.39 is 12.2 Å². The van der Waals surface area contributed by atoms with Gasteiger partial charge in [-0.05, 0) is 17.7 Å². The van der Waals surface area contributed by atoms with Gasteiger partial charge >= 0.3 is 0 Å². The fourth-order valence-electron chi connectivity index (χ4n) is 2.39. The van der Waals surface area contributed by atoms with Crippen LogP contribution in [0.1, 0.15) is 32.3 Å². The molecule has 4 heteroatoms. The Bertz CT molecular complexity index is 390. The molecule has 0 aliphatic carbocycles. The van der Waals surface area contributed by atoms with Crippen molar-refractivity contribution in [1.29, 1.82) is 0 Å². The van der Waals surface area contributed by atoms with Crippen LogP contribution in [-0.4, -0.2) is 41.2 Å². The molecule has 4 nitrogen and oxygen atoms in total. The summed E-state index contributed by atoms with van der Waals surface area (Å²) in [4.78, 5) is 0. The van der Waals surface area contributed by atoms with Gasteiger partial charge < -0.3 is 20.1 Å². The van der Waals surface area contributed by atoms with Crippen molar-refractivity contribution in [1.82, 2.24) is 0 Å². The van der Waals surface area contributed by atoms with Crippen molar-refractivity contribution < 1.29 is 20.1 Å². The highest BCUT2D eigenvalue weighted by molar-refractivity contribution is 5.29. The third kappa shape index (κ3) is 3.95. The summed E-state index contributed by atoms with van der Waals surface area (Å²) in [5, 5.41) is 29.6. The van der Waals surface area contributed by atoms with E-state index in [0.717, 1.165) is 11.3 Å². The molecule has 0 heterocycles. The highest BCUT2D eigenvalue weighted by atomic mass is 16.5. The smallest absolute Gasteiger partial charge is 0.118 e. The first-order chi connectivity index (χ1) is 9.42. The van der Waals surface area contributed by atoms with Gasteiger partial charge in [-0.2, -0.15) is 0 Å². The number of rotatable bonds is 7. The van der Waals surface area contributed by atoms with Gasteiger partial charge in [0.15, 0.2) is 0 Å². The second kappa shape index (κ2) is 7.62. The molecular weight excluding hydrogens is 256 g/mol. The molecule has 0 fully saturated rings. The van der Waals surface area contributed by atoms with Crippen LogP contribution in [0.25, 0.3) is 0 Å². The summed E-state index contributed by atoms with van der Waals surface area (Å²) >= 11 is 0. The van der Waals surface area contributed by atoms with E-state index in [4.69, 9.17) is 9.84 Å². The first-order valence-corrected chi connectivity index (χ1v) is 7.03. The fraction of sp³-hybridized carbons (Fsp3) is 0.625. The Balaban J connectivity index is 2.76. The monoisotopic (exact) mass is 282 g/mol. The van der Waals surface area contributed by atoms with Crippen molar-refractivity contribution in [3.05, 3.63) is 29.8 Å². The van der Waals surface area contributed by atoms with Crippen LogP contribution in [0.4, 0.5) is 0 Å². The molecule has 0 spiro atoms. The molecule has 0 aromatic heterocycles. The largest absolute Gasteiger partial charge is 0.497 e. The van der Waals surface area contributed by atoms with Gasteiger partial charge in [-0.25, -0.2) is 0 Å². The molecule has 1 rings (SSSR count). The lowest BCUT2D eigenvalue weighted by atomic mass is 9.82. The minimum atomic E-state index is -0.726. The molecule has 0 radical (unpaired) electrons. The van der Waals surface area contributed by atoms with Crippen LogP contribution in [0.3, 0.4) is 0 Å². The minimum absolute atomic E-state index is 0.0882. The van der Waals surface area contributed by atoms with Crippen molar-refractivity contribution in [2.75, 3.05) is 13.7 Å². The quantitative estimate of drug-likeness (QED) is 0.713. The summed E-state index contributed by atoms with van der Waals surface area (Å²) in [6.07, 6.45) is -1.40. The molecule has 0 unspecified atom stereocenters. The zero-order valence-electron chi connectivity index (χ0n) is 12.7. The van der Waals surface area contributed by atoms with Crippen molar-refractivity contribution in [2.24, 2.45) is 11.8 Å². The summed E-state index contributed by atoms with van der Waals surface area (Å²) < 4.78 is 5.11. The number of hydrogen-bond acceptors (Lipinski definition) is 4. The predicted octanol–water partition coefficient (Wildman–Crippen LogP) is 1.78. The van der Waals surface area contributed by atoms with Crippen molar-refractivity contribution in [3.8, 4) is 5.75 Å². The van der Waals surface area contributed by atoms with Crippen molar-refractivity contribution in [3.63, 3.8) is 0 Å². The van der Waals surface area contributed by atoms with Crippen molar-refractivity contribution in [2.45, 2.75) is 38.9 Å². The molecule has 0 saturated carbocycles. The summed E-state index contributed by atoms with van der Waals surface area (Å²) in [5.41, 5.74) is 0.994. The minimum Gasteiger partial charge on any atom is -0.497 e. The highest BCUT2D eigenvalue weighted by Crippen LogP contribution is 2.28. The zero-order chi connectivity index (χ0) is 15.3. The molecule has 0 bridgehead atoms. The van der Waals surface area contributed by atoms with Gasteiger partial charge in [0.2, 0.25) is 0 Å². The Morgan fingerprint density at radius 3 is 2.00 bits per heavy atom. The third-order valence-electron chi connectivity index (χ3n) is 4.10. The van der Waals surface area contributed by atoms with E-state index in [-0.39, 0.29) is 24.4 Å². The lowest BCUT2D eigenvalue weighted by Crippen LogP contribution is -2.37. The standard InChI is InChI=1S/C16H26O4/c1-10(9-17)15(18)12(3)16(19)11(2)13-5-7-14(20-4)8-6-13/h5-8,10-12,15-19H,9H2,1-4H3/t10-,11-,12+,15-,16+/m0/s1. The second-order valence-corrected chi connectivity index (χ2v) is 5.56. The number of ether oxygens (including phenoxy) is 1. The number of aliphatic hydroxyl groups excluding tert-OH is 3. The average Bonchev–Trinajstić information content (AvgIpc) is 2.51. The third-order valence-corrected chi connectivity index (χ3v) is 4.10. The van der Waals surface area contributed by atoms with Crippen LogP contribution in [0.5, 0.6) is 5.75 Å². The van der Waals surface area contributed by atoms with Crippen LogP contribution in [0.15, 0.2) is 24.3 Å². The molecule has 1 aromatic carbocycles. The number of benzene rings is 1. The summed E-state index contributed by atoms with van der Waals surface area (Å²) in [6, 6.07) is 7.55. The van der Waals surface area contributed by atoms with Crippen LogP contribution in [0, 0.1) is 11.8 Å². The second-order valence-electron chi connectivity index (χ2n) is 5.56. The topological polar surface area (TPSA) is 69.9 Å². The van der Waals surface area contributed by atoms with E-state index in [9.17, 15) is 10.2 Å². The Labute approximate surface area is 121 Å². The highest BCUT2D eigenvalue weighted by Gasteiger charge is 2.30. The van der Waals surface area contributed by atoms with E-state index in [1.807, 2.05) is 38.1 Å². The maximum absolute atomic E-state index is 10.4. The maximum Gasteiger partial charge on any atom is 0.118 e. The summed E-state index contributed by atoms with van der Waals surface area (Å²) in [7, 11) is 1.61. The first-order valence-electron chi connectivity index (χ1n) is 7.03. The SMILES string of the molecule is COc1ccc([C@H](C)[C@@H](O)[C@H](C)[C@@H](O)[C@@H](C)CO)cc1. The molecule has 0 amide bonds. The van der Waals surface area contributed by atoms with Gasteiger partial charge in [0.1, 0.15) is 5.75 Å². The summed E-state index contributed by atoms with van der Waals surface area (Å²) in [5.74, 6) is 0.117. The first kappa shape index (κ1) is 17.0. The van der Waals surface area contributed by atoms with E-state index in [2.05, 4.69) is 0 Å². The lowest BCUT2D eigenvalue weighted by Gasteiger charge is -2.31. The lowest BCUT2D eigenvalue weighted by molar-refractivity contribution is -0.0268. The zero-order valence-corrected chi connectivity index (χ0v) is 12.7. The molecule has 5 atom stereocenters. The Morgan fingerprint density at radius 2 is 1.55 bits per heavy atom. The van der Waals surface area contributed by atoms with E-state index in [1.165, 1.54) is 0 Å². The molecule has 0 aliphatic heterocycles. The number of aliphatic hydroxyl groups is 3. The van der Waals surface area contributed by atoms with Crippen LogP contribution in [-0.2, 0) is 0 Å². The van der Waals surface area contributed by atoms with Crippen LogP contribution >= 0.6 is 0 Å². The van der Waals surface area contributed by atoms with Crippen LogP contribution < -0.4 is 4.74 Å². The fourth-order valence-corrected chi connectivity index (χ4v) is 2.39. The number of methoxy groups -OCH3 is 1. The van der Waals surface area contributed by atoms with E-state index >= 15 is 0 Å².